The quantitative estimate of drug-likeness (QED) is 0.472. The number of hydrogen-bond acceptors (Lipinski definition) is 5. The molecule has 1 aliphatic rings. The summed E-state index contributed by atoms with van der Waals surface area (Å²) in [5, 5.41) is 27.9. The monoisotopic (exact) mass is 191 g/mol. The van der Waals surface area contributed by atoms with Gasteiger partial charge in [0.2, 0.25) is 0 Å². The summed E-state index contributed by atoms with van der Waals surface area (Å²) in [7, 11) is 3.62. The first-order valence-corrected chi connectivity index (χ1v) is 4.33. The number of aliphatic hydroxyl groups excluding tert-OH is 3. The molecule has 0 aromatic carbocycles. The van der Waals surface area contributed by atoms with Crippen LogP contribution in [0.15, 0.2) is 0 Å². The minimum absolute atomic E-state index is 0.210. The molecule has 0 spiro atoms. The van der Waals surface area contributed by atoms with Gasteiger partial charge in [0.15, 0.2) is 0 Å². The summed E-state index contributed by atoms with van der Waals surface area (Å²) >= 11 is 0. The normalized spacial score (nSPS) is 41.1. The van der Waals surface area contributed by atoms with Crippen molar-refractivity contribution in [1.29, 1.82) is 0 Å². The molecule has 13 heavy (non-hydrogen) atoms. The van der Waals surface area contributed by atoms with E-state index in [2.05, 4.69) is 0 Å². The van der Waals surface area contributed by atoms with E-state index in [1.165, 1.54) is 0 Å². The van der Waals surface area contributed by atoms with Gasteiger partial charge in [-0.2, -0.15) is 0 Å². The molecule has 0 amide bonds. The smallest absolute Gasteiger partial charge is 0.110 e. The van der Waals surface area contributed by atoms with Crippen molar-refractivity contribution in [2.45, 2.75) is 24.4 Å². The molecule has 5 heteroatoms. The van der Waals surface area contributed by atoms with Gasteiger partial charge in [-0.3, -0.25) is 0 Å². The van der Waals surface area contributed by atoms with Crippen molar-refractivity contribution in [2.75, 3.05) is 27.3 Å². The zero-order valence-corrected chi connectivity index (χ0v) is 7.92. The lowest BCUT2D eigenvalue weighted by molar-refractivity contribution is -0.176. The molecule has 1 rings (SSSR count). The van der Waals surface area contributed by atoms with Crippen LogP contribution in [0.3, 0.4) is 0 Å². The van der Waals surface area contributed by atoms with Crippen LogP contribution in [0.2, 0.25) is 0 Å². The highest BCUT2D eigenvalue weighted by molar-refractivity contribution is 4.90. The number of rotatable bonds is 2. The Morgan fingerprint density at radius 1 is 1.31 bits per heavy atom. The van der Waals surface area contributed by atoms with Crippen LogP contribution in [0.25, 0.3) is 0 Å². The van der Waals surface area contributed by atoms with Crippen molar-refractivity contribution >= 4 is 0 Å². The maximum absolute atomic E-state index is 9.63. The number of ether oxygens (including phenoxy) is 1. The van der Waals surface area contributed by atoms with Crippen molar-refractivity contribution in [3.05, 3.63) is 0 Å². The minimum atomic E-state index is -1.01. The zero-order valence-electron chi connectivity index (χ0n) is 7.92. The summed E-state index contributed by atoms with van der Waals surface area (Å²) in [4.78, 5) is 1.79. The van der Waals surface area contributed by atoms with E-state index in [0.29, 0.717) is 6.61 Å². The summed E-state index contributed by atoms with van der Waals surface area (Å²) in [6, 6.07) is -0.210. The van der Waals surface area contributed by atoms with Crippen LogP contribution in [0, 0.1) is 0 Å². The van der Waals surface area contributed by atoms with Crippen molar-refractivity contribution in [2.24, 2.45) is 0 Å². The number of hydrogen-bond donors (Lipinski definition) is 3. The fourth-order valence-electron chi connectivity index (χ4n) is 1.48. The molecule has 4 unspecified atom stereocenters. The van der Waals surface area contributed by atoms with Crippen LogP contribution in [0.4, 0.5) is 0 Å². The molecule has 0 saturated carbocycles. The lowest BCUT2D eigenvalue weighted by atomic mass is 9.98. The Labute approximate surface area is 77.5 Å². The summed E-state index contributed by atoms with van der Waals surface area (Å²) in [6.45, 7) is 0.0643. The second-order valence-electron chi connectivity index (χ2n) is 3.57. The molecule has 1 fully saturated rings. The fraction of sp³-hybridized carbons (Fsp3) is 1.00. The first-order chi connectivity index (χ1) is 6.07. The van der Waals surface area contributed by atoms with Crippen molar-refractivity contribution in [3.63, 3.8) is 0 Å². The highest BCUT2D eigenvalue weighted by Crippen LogP contribution is 2.17. The second-order valence-corrected chi connectivity index (χ2v) is 3.57. The Bertz CT molecular complexity index is 164. The topological polar surface area (TPSA) is 73.2 Å². The predicted octanol–water partition coefficient (Wildman–Crippen LogP) is -1.97. The molecule has 0 aliphatic carbocycles. The van der Waals surface area contributed by atoms with Gasteiger partial charge in [0.05, 0.1) is 19.3 Å². The number of nitrogens with zero attached hydrogens (tertiary/aromatic N) is 1. The highest BCUT2D eigenvalue weighted by Gasteiger charge is 2.38. The van der Waals surface area contributed by atoms with E-state index in [4.69, 9.17) is 9.84 Å². The molecule has 78 valence electrons. The lowest BCUT2D eigenvalue weighted by Crippen LogP contribution is -2.58. The Balaban J connectivity index is 2.59. The van der Waals surface area contributed by atoms with Gasteiger partial charge in [-0.25, -0.2) is 0 Å². The number of aliphatic hydroxyl groups is 3. The molecule has 0 bridgehead atoms. The maximum atomic E-state index is 9.63. The zero-order chi connectivity index (χ0) is 10.0. The van der Waals surface area contributed by atoms with Crippen LogP contribution < -0.4 is 0 Å². The van der Waals surface area contributed by atoms with Gasteiger partial charge in [0, 0.05) is 0 Å². The number of likely N-dealkylation sites (N-methyl/N-ethyl adjacent to an activating group) is 1. The lowest BCUT2D eigenvalue weighted by Gasteiger charge is -2.39. The Hall–Kier alpha value is -0.200. The average molecular weight is 191 g/mol. The molecule has 0 aromatic heterocycles. The van der Waals surface area contributed by atoms with Crippen LogP contribution in [-0.2, 0) is 4.74 Å². The van der Waals surface area contributed by atoms with Gasteiger partial charge < -0.3 is 25.0 Å². The minimum Gasteiger partial charge on any atom is -0.394 e. The third-order valence-corrected chi connectivity index (χ3v) is 2.45. The summed E-state index contributed by atoms with van der Waals surface area (Å²) in [5.41, 5.74) is 0. The molecule has 3 N–H and O–H groups in total. The third-order valence-electron chi connectivity index (χ3n) is 2.45. The molecular weight excluding hydrogens is 174 g/mol. The van der Waals surface area contributed by atoms with E-state index in [9.17, 15) is 10.2 Å². The van der Waals surface area contributed by atoms with E-state index in [0.717, 1.165) is 0 Å². The van der Waals surface area contributed by atoms with Crippen molar-refractivity contribution in [3.8, 4) is 0 Å². The van der Waals surface area contributed by atoms with Crippen LogP contribution in [-0.4, -0.2) is 71.9 Å². The van der Waals surface area contributed by atoms with Crippen molar-refractivity contribution < 1.29 is 20.1 Å². The van der Waals surface area contributed by atoms with Gasteiger partial charge in [-0.1, -0.05) is 0 Å². The van der Waals surface area contributed by atoms with Gasteiger partial charge in [-0.05, 0) is 14.1 Å². The van der Waals surface area contributed by atoms with E-state index >= 15 is 0 Å². The molecule has 1 aliphatic heterocycles. The molecule has 0 radical (unpaired) electrons. The summed E-state index contributed by atoms with van der Waals surface area (Å²) in [6.07, 6.45) is -2.53. The Morgan fingerprint density at radius 3 is 2.38 bits per heavy atom. The Kier molecular flexibility index (Phi) is 3.63. The van der Waals surface area contributed by atoms with E-state index in [1.54, 1.807) is 4.90 Å². The van der Waals surface area contributed by atoms with Gasteiger partial charge in [0.25, 0.3) is 0 Å². The average Bonchev–Trinajstić information content (AvgIpc) is 2.09. The van der Waals surface area contributed by atoms with E-state index < -0.39 is 18.3 Å². The van der Waals surface area contributed by atoms with Crippen molar-refractivity contribution in [1.82, 2.24) is 4.90 Å². The fourth-order valence-corrected chi connectivity index (χ4v) is 1.48. The molecular formula is C8H17NO4. The van der Waals surface area contributed by atoms with Gasteiger partial charge >= 0.3 is 0 Å². The maximum Gasteiger partial charge on any atom is 0.110 e. The molecule has 5 nitrogen and oxygen atoms in total. The SMILES string of the molecule is CN(C)C1COC(CO)C(O)C1O. The third kappa shape index (κ3) is 2.18. The Morgan fingerprint density at radius 2 is 1.92 bits per heavy atom. The highest BCUT2D eigenvalue weighted by atomic mass is 16.5. The molecule has 1 saturated heterocycles. The van der Waals surface area contributed by atoms with E-state index in [-0.39, 0.29) is 12.6 Å². The van der Waals surface area contributed by atoms with E-state index in [1.807, 2.05) is 14.1 Å². The standard InChI is InChI=1S/C8H17NO4/c1-9(2)5-4-13-6(3-10)8(12)7(5)11/h5-8,10-12H,3-4H2,1-2H3. The van der Waals surface area contributed by atoms with Gasteiger partial charge in [-0.15, -0.1) is 0 Å². The second kappa shape index (κ2) is 4.34. The van der Waals surface area contributed by atoms with Gasteiger partial charge in [0.1, 0.15) is 18.3 Å². The first kappa shape index (κ1) is 10.9. The van der Waals surface area contributed by atoms with Crippen LogP contribution >= 0.6 is 0 Å². The molecule has 1 heterocycles. The first-order valence-electron chi connectivity index (χ1n) is 4.33. The van der Waals surface area contributed by atoms with Crippen LogP contribution in [0.5, 0.6) is 0 Å². The summed E-state index contributed by atoms with van der Waals surface area (Å²) < 4.78 is 5.18. The molecule has 0 aromatic rings. The molecule has 4 atom stereocenters. The largest absolute Gasteiger partial charge is 0.394 e. The van der Waals surface area contributed by atoms with Crippen LogP contribution in [0.1, 0.15) is 0 Å². The summed E-state index contributed by atoms with van der Waals surface area (Å²) in [5.74, 6) is 0. The predicted molar refractivity (Wildman–Crippen MR) is 46.3 cm³/mol.